The van der Waals surface area contributed by atoms with Crippen LogP contribution in [0.2, 0.25) is 0 Å². The first-order chi connectivity index (χ1) is 23.6. The second-order valence-corrected chi connectivity index (χ2v) is 23.5. The molecule has 4 rings (SSSR count). The predicted octanol–water partition coefficient (Wildman–Crippen LogP) is 7.10. The van der Waals surface area contributed by atoms with Crippen LogP contribution in [0.3, 0.4) is 0 Å². The maximum atomic E-state index is 10.4. The average Bonchev–Trinajstić information content (AvgIpc) is 3.09. The van der Waals surface area contributed by atoms with Crippen molar-refractivity contribution < 1.29 is 51.9 Å². The molecule has 4 aromatic carbocycles. The SMILES string of the molecule is CS(=O)(=O)SCS[S-](=O)=O.S=C(SSCSSC(=S)N(Cc1ccccc1)Cc1ccccc1)N(Cc1ccccc1)Cc1ccccc1.[Na+].[OH-]. The molecule has 0 aliphatic carbocycles. The first-order valence-corrected chi connectivity index (χ1v) is 25.9. The molecule has 0 aliphatic heterocycles. The predicted molar refractivity (Wildman–Crippen MR) is 230 cm³/mol. The molecule has 4 aromatic rings. The third kappa shape index (κ3) is 22.6. The van der Waals surface area contributed by atoms with Gasteiger partial charge in [-0.05, 0) is 64.4 Å². The fourth-order valence-electron chi connectivity index (χ4n) is 4.01. The minimum absolute atomic E-state index is 0. The zero-order valence-corrected chi connectivity index (χ0v) is 38.0. The van der Waals surface area contributed by atoms with E-state index in [1.165, 1.54) is 22.3 Å². The molecule has 0 radical (unpaired) electrons. The molecule has 51 heavy (non-hydrogen) atoms. The van der Waals surface area contributed by atoms with Crippen molar-refractivity contribution in [1.82, 2.24) is 9.80 Å². The Balaban J connectivity index is 0.000000948. The Kier molecular flexibility index (Phi) is 26.8. The van der Waals surface area contributed by atoms with E-state index in [9.17, 15) is 16.8 Å². The van der Waals surface area contributed by atoms with E-state index in [4.69, 9.17) is 24.4 Å². The summed E-state index contributed by atoms with van der Waals surface area (Å²) in [7, 11) is 2.73. The van der Waals surface area contributed by atoms with E-state index < -0.39 is 18.6 Å². The minimum atomic E-state index is -3.10. The number of thiocarbonyl (C=S) groups is 2. The van der Waals surface area contributed by atoms with E-state index in [1.54, 1.807) is 43.2 Å². The third-order valence-corrected chi connectivity index (χ3v) is 18.0. The van der Waals surface area contributed by atoms with E-state index in [0.29, 0.717) is 21.6 Å². The van der Waals surface area contributed by atoms with Gasteiger partial charge in [-0.2, -0.15) is 0 Å². The van der Waals surface area contributed by atoms with Gasteiger partial charge in [0.15, 0.2) is 8.87 Å². The number of rotatable bonds is 16. The first-order valence-electron chi connectivity index (χ1n) is 14.5. The normalized spacial score (nSPS) is 10.5. The van der Waals surface area contributed by atoms with Gasteiger partial charge in [-0.25, -0.2) is 19.2 Å². The fourth-order valence-corrected chi connectivity index (χ4v) is 14.7. The summed E-state index contributed by atoms with van der Waals surface area (Å²) < 4.78 is 42.2. The van der Waals surface area contributed by atoms with Crippen molar-refractivity contribution in [1.29, 1.82) is 0 Å². The molecule has 0 bridgehead atoms. The van der Waals surface area contributed by atoms with Gasteiger partial charge in [0.2, 0.25) is 0 Å². The Labute approximate surface area is 360 Å². The summed E-state index contributed by atoms with van der Waals surface area (Å²) in [5.41, 5.74) is 5.03. The van der Waals surface area contributed by atoms with Crippen LogP contribution in [0.15, 0.2) is 121 Å². The van der Waals surface area contributed by atoms with Crippen LogP contribution in [0.25, 0.3) is 0 Å². The molecular weight excluding hydrogens is 848 g/mol. The summed E-state index contributed by atoms with van der Waals surface area (Å²) in [4.78, 5) is 4.56. The summed E-state index contributed by atoms with van der Waals surface area (Å²) in [6, 6.07) is 42.1. The van der Waals surface area contributed by atoms with Gasteiger partial charge in [-0.1, -0.05) is 167 Å². The second-order valence-electron chi connectivity index (χ2n) is 9.97. The summed E-state index contributed by atoms with van der Waals surface area (Å²) >= 11 is 11.8. The van der Waals surface area contributed by atoms with E-state index in [0.717, 1.165) is 46.2 Å². The van der Waals surface area contributed by atoms with Gasteiger partial charge in [-0.15, -0.1) is 0 Å². The molecule has 0 spiro atoms. The summed E-state index contributed by atoms with van der Waals surface area (Å²) in [6.45, 7) is 3.17. The summed E-state index contributed by atoms with van der Waals surface area (Å²) in [5.74, 6) is 0. The monoisotopic (exact) mass is 883 g/mol. The van der Waals surface area contributed by atoms with Crippen LogP contribution in [0.5, 0.6) is 0 Å². The molecule has 0 amide bonds. The number of hydrogen-bond donors (Lipinski definition) is 0. The maximum Gasteiger partial charge on any atom is 1.00 e. The van der Waals surface area contributed by atoms with Gasteiger partial charge in [0.1, 0.15) is 8.64 Å². The standard InChI is InChI=1S/C31H30N2S6.C2H5O4S4.Na.H2O/c34-30(32(21-26-13-5-1-6-14-26)22-27-15-7-2-8-16-27)38-36-25-37-39-31(35)33(23-28-17-9-3-10-18-28)24-29-19-11-4-12-20-29;1-10(5,6)8-2-7-9(3)4;;/h1-20H,21-25H2;2H2,1H3;;1H2/q;-1;+1;/p-1. The molecule has 270 valence electrons. The van der Waals surface area contributed by atoms with Gasteiger partial charge in [0, 0.05) is 37.5 Å². The topological polar surface area (TPSA) is 105 Å². The minimum Gasteiger partial charge on any atom is -0.870 e. The molecule has 7 nitrogen and oxygen atoms in total. The van der Waals surface area contributed by atoms with Crippen LogP contribution in [-0.2, 0) is 53.2 Å². The van der Waals surface area contributed by atoms with Crippen molar-refractivity contribution in [2.45, 2.75) is 26.2 Å². The zero-order valence-electron chi connectivity index (χ0n) is 27.8. The molecule has 0 heterocycles. The maximum absolute atomic E-state index is 10.4. The molecule has 0 aromatic heterocycles. The van der Waals surface area contributed by atoms with Crippen LogP contribution in [0.1, 0.15) is 22.3 Å². The molecule has 0 fully saturated rings. The molecular formula is C33H36N2NaO5S10-. The zero-order chi connectivity index (χ0) is 35.3. The number of hydrogen-bond acceptors (Lipinski definition) is 14. The molecule has 0 atom stereocenters. The van der Waals surface area contributed by atoms with Gasteiger partial charge in [0.25, 0.3) is 0 Å². The van der Waals surface area contributed by atoms with Crippen LogP contribution < -0.4 is 29.6 Å². The second kappa shape index (κ2) is 28.1. The summed E-state index contributed by atoms with van der Waals surface area (Å²) in [6.07, 6.45) is 1.03. The Morgan fingerprint density at radius 2 is 0.882 bits per heavy atom. The van der Waals surface area contributed by atoms with Crippen molar-refractivity contribution in [3.05, 3.63) is 144 Å². The molecule has 0 unspecified atom stereocenters. The largest absolute Gasteiger partial charge is 1.00 e. The smallest absolute Gasteiger partial charge is 0.870 e. The Morgan fingerprint density at radius 3 is 1.14 bits per heavy atom. The average molecular weight is 884 g/mol. The van der Waals surface area contributed by atoms with Gasteiger partial charge in [0.05, 0.1) is 5.08 Å². The van der Waals surface area contributed by atoms with Gasteiger partial charge >= 0.3 is 29.6 Å². The van der Waals surface area contributed by atoms with E-state index >= 15 is 0 Å². The van der Waals surface area contributed by atoms with Crippen molar-refractivity contribution in [3.63, 3.8) is 0 Å². The van der Waals surface area contributed by atoms with Crippen LogP contribution in [-0.4, -0.2) is 48.8 Å². The van der Waals surface area contributed by atoms with Crippen LogP contribution in [0, 0.1) is 0 Å². The molecule has 0 aliphatic rings. The van der Waals surface area contributed by atoms with E-state index in [1.807, 2.05) is 24.3 Å². The quantitative estimate of drug-likeness (QED) is 0.0285. The number of nitrogens with zero attached hydrogens (tertiary/aromatic N) is 2. The van der Waals surface area contributed by atoms with Crippen LogP contribution in [0.4, 0.5) is 0 Å². The van der Waals surface area contributed by atoms with Gasteiger partial charge in [-0.3, -0.25) is 0 Å². The summed E-state index contributed by atoms with van der Waals surface area (Å²) in [5, 5.41) is 0.902. The molecule has 0 saturated heterocycles. The first kappa shape index (κ1) is 48.6. The van der Waals surface area contributed by atoms with Crippen molar-refractivity contribution in [2.24, 2.45) is 0 Å². The molecule has 0 saturated carbocycles. The van der Waals surface area contributed by atoms with Crippen molar-refractivity contribution in [2.75, 3.05) is 16.4 Å². The Bertz CT molecular complexity index is 1550. The van der Waals surface area contributed by atoms with Crippen molar-refractivity contribution in [3.8, 4) is 0 Å². The Morgan fingerprint density at radius 1 is 0.588 bits per heavy atom. The van der Waals surface area contributed by atoms with Gasteiger partial charge < -0.3 is 23.7 Å². The Hall–Kier alpha value is -0.380. The molecule has 18 heteroatoms. The fraction of sp³-hybridized carbons (Fsp3) is 0.212. The van der Waals surface area contributed by atoms with E-state index in [-0.39, 0.29) is 40.1 Å². The number of benzene rings is 4. The van der Waals surface area contributed by atoms with Crippen molar-refractivity contribution >= 4 is 116 Å². The van der Waals surface area contributed by atoms with E-state index in [2.05, 4.69) is 107 Å². The third-order valence-electron chi connectivity index (χ3n) is 6.14. The molecule has 1 N–H and O–H groups in total. The van der Waals surface area contributed by atoms with Crippen LogP contribution >= 0.6 is 89.2 Å².